The van der Waals surface area contributed by atoms with E-state index in [0.717, 1.165) is 6.07 Å². The second-order valence-electron chi connectivity index (χ2n) is 4.77. The summed E-state index contributed by atoms with van der Waals surface area (Å²) in [4.78, 5) is 27.3. The van der Waals surface area contributed by atoms with Crippen molar-refractivity contribution in [3.8, 4) is 0 Å². The topological polar surface area (TPSA) is 121 Å². The molecule has 0 amide bonds. The summed E-state index contributed by atoms with van der Waals surface area (Å²) < 4.78 is 29.1. The molecule has 2 aromatic rings. The molecule has 128 valence electrons. The number of nitrogens with two attached hydrogens (primary N) is 1. The Bertz CT molecular complexity index is 892. The van der Waals surface area contributed by atoms with Gasteiger partial charge in [0.05, 0.1) is 24.5 Å². The highest BCUT2D eigenvalue weighted by atomic mass is 35.5. The predicted octanol–water partition coefficient (Wildman–Crippen LogP) is 1.24. The summed E-state index contributed by atoms with van der Waals surface area (Å²) >= 11 is 5.78. The molecule has 0 aliphatic heterocycles. The Labute approximate surface area is 143 Å². The van der Waals surface area contributed by atoms with Gasteiger partial charge < -0.3 is 9.30 Å². The van der Waals surface area contributed by atoms with Crippen LogP contribution in [-0.2, 0) is 21.3 Å². The van der Waals surface area contributed by atoms with E-state index in [0.29, 0.717) is 0 Å². The lowest BCUT2D eigenvalue weighted by Gasteiger charge is -2.06. The van der Waals surface area contributed by atoms with Gasteiger partial charge in [-0.1, -0.05) is 11.6 Å². The number of hydrogen-bond donors (Lipinski definition) is 1. The van der Waals surface area contributed by atoms with Crippen molar-refractivity contribution in [1.29, 1.82) is 0 Å². The first-order valence-electron chi connectivity index (χ1n) is 6.76. The third-order valence-corrected chi connectivity index (χ3v) is 4.40. The lowest BCUT2D eigenvalue weighted by Crippen LogP contribution is -2.15. The van der Waals surface area contributed by atoms with Gasteiger partial charge in [0.2, 0.25) is 10.0 Å². The first-order valence-corrected chi connectivity index (χ1v) is 8.69. The Morgan fingerprint density at radius 2 is 2.08 bits per heavy atom. The van der Waals surface area contributed by atoms with Gasteiger partial charge in [0.15, 0.2) is 11.5 Å². The number of ether oxygens (including phenoxy) is 1. The molecule has 0 fully saturated rings. The van der Waals surface area contributed by atoms with Crippen molar-refractivity contribution in [2.75, 3.05) is 6.61 Å². The number of nitrogens with zero attached hydrogens (tertiary/aromatic N) is 2. The lowest BCUT2D eigenvalue weighted by atomic mass is 10.1. The number of carbonyl (C=O) groups excluding carboxylic acids is 2. The molecule has 8 nitrogen and oxygen atoms in total. The number of esters is 1. The number of imidazole rings is 1. The van der Waals surface area contributed by atoms with Crippen LogP contribution in [0.5, 0.6) is 0 Å². The van der Waals surface area contributed by atoms with Crippen LogP contribution in [0.2, 0.25) is 5.02 Å². The summed E-state index contributed by atoms with van der Waals surface area (Å²) in [7, 11) is -4.04. The van der Waals surface area contributed by atoms with E-state index in [-0.39, 0.29) is 34.3 Å². The molecule has 0 saturated carbocycles. The fourth-order valence-corrected chi connectivity index (χ4v) is 2.98. The smallest absolute Gasteiger partial charge is 0.358 e. The molecule has 1 heterocycles. The minimum atomic E-state index is -4.04. The molecule has 2 N–H and O–H groups in total. The highest BCUT2D eigenvalue weighted by Crippen LogP contribution is 2.22. The van der Waals surface area contributed by atoms with E-state index < -0.39 is 21.8 Å². The molecule has 1 aromatic carbocycles. The highest BCUT2D eigenvalue weighted by molar-refractivity contribution is 7.89. The fourth-order valence-electron chi connectivity index (χ4n) is 1.91. The lowest BCUT2D eigenvalue weighted by molar-refractivity contribution is 0.0519. The monoisotopic (exact) mass is 371 g/mol. The molecular formula is C14H14ClN3O5S. The molecule has 10 heteroatoms. The van der Waals surface area contributed by atoms with Gasteiger partial charge in [-0.15, -0.1) is 0 Å². The van der Waals surface area contributed by atoms with Crippen LogP contribution in [0.3, 0.4) is 0 Å². The summed E-state index contributed by atoms with van der Waals surface area (Å²) in [5.41, 5.74) is 0.195. The number of benzene rings is 1. The Hall–Kier alpha value is -2.23. The third-order valence-electron chi connectivity index (χ3n) is 3.00. The Morgan fingerprint density at radius 1 is 1.38 bits per heavy atom. The Morgan fingerprint density at radius 3 is 2.71 bits per heavy atom. The predicted molar refractivity (Wildman–Crippen MR) is 85.3 cm³/mol. The van der Waals surface area contributed by atoms with E-state index in [4.69, 9.17) is 21.5 Å². The first kappa shape index (κ1) is 18.1. The molecule has 0 spiro atoms. The van der Waals surface area contributed by atoms with Crippen LogP contribution in [0.25, 0.3) is 0 Å². The van der Waals surface area contributed by atoms with E-state index in [2.05, 4.69) is 4.98 Å². The standard InChI is InChI=1S/C14H14ClN3O5S/c1-2-23-14(20)11-6-18(8-17-11)7-12(19)9-3-4-10(15)13(5-9)24(16,21)22/h3-6,8H,2,7H2,1H3,(H2,16,21,22). The summed E-state index contributed by atoms with van der Waals surface area (Å²) in [5.74, 6) is -0.990. The van der Waals surface area contributed by atoms with Gasteiger partial charge in [0.1, 0.15) is 4.90 Å². The third kappa shape index (κ3) is 4.19. The van der Waals surface area contributed by atoms with Crippen LogP contribution in [0, 0.1) is 0 Å². The summed E-state index contributed by atoms with van der Waals surface area (Å²) in [6.07, 6.45) is 2.67. The Balaban J connectivity index is 2.20. The summed E-state index contributed by atoms with van der Waals surface area (Å²) in [6.45, 7) is 1.74. The van der Waals surface area contributed by atoms with Crippen molar-refractivity contribution in [2.24, 2.45) is 5.14 Å². The minimum absolute atomic E-state index is 0.0683. The molecular weight excluding hydrogens is 358 g/mol. The van der Waals surface area contributed by atoms with Crippen molar-refractivity contribution < 1.29 is 22.7 Å². The number of rotatable bonds is 6. The number of halogens is 1. The van der Waals surface area contributed by atoms with Crippen LogP contribution >= 0.6 is 11.6 Å². The molecule has 0 aliphatic rings. The number of sulfonamides is 1. The first-order chi connectivity index (χ1) is 11.2. The van der Waals surface area contributed by atoms with E-state index in [9.17, 15) is 18.0 Å². The normalized spacial score (nSPS) is 11.3. The zero-order valence-electron chi connectivity index (χ0n) is 12.6. The average molecular weight is 372 g/mol. The quantitative estimate of drug-likeness (QED) is 0.602. The Kier molecular flexibility index (Phi) is 5.37. The van der Waals surface area contributed by atoms with Crippen LogP contribution in [0.1, 0.15) is 27.8 Å². The van der Waals surface area contributed by atoms with Gasteiger partial charge in [0, 0.05) is 11.8 Å². The molecule has 0 radical (unpaired) electrons. The molecule has 0 atom stereocenters. The average Bonchev–Trinajstić information content (AvgIpc) is 2.95. The maximum atomic E-state index is 12.3. The van der Waals surface area contributed by atoms with E-state index in [1.807, 2.05) is 0 Å². The van der Waals surface area contributed by atoms with Gasteiger partial charge in [-0.3, -0.25) is 4.79 Å². The molecule has 0 bridgehead atoms. The molecule has 0 aliphatic carbocycles. The largest absolute Gasteiger partial charge is 0.461 e. The summed E-state index contributed by atoms with van der Waals surface area (Å²) in [5, 5.41) is 4.99. The van der Waals surface area contributed by atoms with Crippen LogP contribution in [0.4, 0.5) is 0 Å². The second kappa shape index (κ2) is 7.12. The number of ketones is 1. The van der Waals surface area contributed by atoms with Crippen molar-refractivity contribution >= 4 is 33.4 Å². The maximum Gasteiger partial charge on any atom is 0.358 e. The zero-order chi connectivity index (χ0) is 17.9. The number of carbonyl (C=O) groups is 2. The van der Waals surface area contributed by atoms with E-state index in [1.165, 1.54) is 29.2 Å². The number of hydrogen-bond acceptors (Lipinski definition) is 6. The second-order valence-corrected chi connectivity index (χ2v) is 6.70. The fraction of sp³-hybridized carbons (Fsp3) is 0.214. The van der Waals surface area contributed by atoms with Crippen molar-refractivity contribution in [1.82, 2.24) is 9.55 Å². The van der Waals surface area contributed by atoms with Crippen LogP contribution < -0.4 is 5.14 Å². The number of Topliss-reactive ketones (excluding diaryl/α,β-unsaturated/α-hetero) is 1. The minimum Gasteiger partial charge on any atom is -0.461 e. The van der Waals surface area contributed by atoms with E-state index >= 15 is 0 Å². The number of primary sulfonamides is 1. The zero-order valence-corrected chi connectivity index (χ0v) is 14.2. The highest BCUT2D eigenvalue weighted by Gasteiger charge is 2.17. The molecule has 2 rings (SSSR count). The molecule has 0 unspecified atom stereocenters. The van der Waals surface area contributed by atoms with Gasteiger partial charge >= 0.3 is 5.97 Å². The summed E-state index contributed by atoms with van der Waals surface area (Å²) in [6, 6.07) is 3.79. The molecule has 24 heavy (non-hydrogen) atoms. The van der Waals surface area contributed by atoms with Crippen LogP contribution in [0.15, 0.2) is 35.6 Å². The van der Waals surface area contributed by atoms with Gasteiger partial charge in [-0.25, -0.2) is 23.3 Å². The van der Waals surface area contributed by atoms with Gasteiger partial charge in [-0.2, -0.15) is 0 Å². The molecule has 0 saturated heterocycles. The van der Waals surface area contributed by atoms with E-state index in [1.54, 1.807) is 6.92 Å². The SMILES string of the molecule is CCOC(=O)c1cn(CC(=O)c2ccc(Cl)c(S(N)(=O)=O)c2)cn1. The van der Waals surface area contributed by atoms with Crippen LogP contribution in [-0.4, -0.2) is 36.3 Å². The maximum absolute atomic E-state index is 12.3. The van der Waals surface area contributed by atoms with Gasteiger partial charge in [0.25, 0.3) is 0 Å². The van der Waals surface area contributed by atoms with Gasteiger partial charge in [-0.05, 0) is 25.1 Å². The number of aromatic nitrogens is 2. The van der Waals surface area contributed by atoms with Crippen molar-refractivity contribution in [3.05, 3.63) is 47.0 Å². The van der Waals surface area contributed by atoms with Crippen molar-refractivity contribution in [2.45, 2.75) is 18.4 Å². The van der Waals surface area contributed by atoms with Crippen molar-refractivity contribution in [3.63, 3.8) is 0 Å². The molecule has 1 aromatic heterocycles.